The zero-order valence-electron chi connectivity index (χ0n) is 15.9. The molecule has 0 aromatic heterocycles. The smallest absolute Gasteiger partial charge is 0.348 e. The monoisotopic (exact) mass is 372 g/mol. The van der Waals surface area contributed by atoms with Gasteiger partial charge in [-0.15, -0.1) is 0 Å². The van der Waals surface area contributed by atoms with Gasteiger partial charge in [0.25, 0.3) is 0 Å². The highest BCUT2D eigenvalue weighted by Gasteiger charge is 2.36. The molecule has 0 heterocycles. The van der Waals surface area contributed by atoms with Crippen LogP contribution in [0.25, 0.3) is 0 Å². The molecule has 144 valence electrons. The Morgan fingerprint density at radius 2 is 1.81 bits per heavy atom. The van der Waals surface area contributed by atoms with E-state index in [0.717, 1.165) is 11.1 Å². The van der Waals surface area contributed by atoms with Crippen molar-refractivity contribution in [3.05, 3.63) is 59.2 Å². The molecular weight excluding hydrogens is 348 g/mol. The zero-order chi connectivity index (χ0) is 20.0. The number of phenolic OH excluding ortho intramolecular Hbond substituents is 1. The van der Waals surface area contributed by atoms with E-state index in [1.165, 1.54) is 20.1 Å². The Morgan fingerprint density at radius 1 is 1.15 bits per heavy atom. The van der Waals surface area contributed by atoms with Crippen molar-refractivity contribution in [2.24, 2.45) is 0 Å². The van der Waals surface area contributed by atoms with Crippen molar-refractivity contribution in [2.45, 2.75) is 32.8 Å². The average molecular weight is 372 g/mol. The van der Waals surface area contributed by atoms with E-state index in [-0.39, 0.29) is 12.4 Å². The molecule has 0 saturated heterocycles. The number of carbonyl (C=O) groups excluding carboxylic acids is 2. The maximum absolute atomic E-state index is 12.6. The van der Waals surface area contributed by atoms with Gasteiger partial charge in [-0.1, -0.05) is 30.3 Å². The van der Waals surface area contributed by atoms with Crippen LogP contribution in [0.15, 0.2) is 42.5 Å². The normalized spacial score (nSPS) is 12.7. The summed E-state index contributed by atoms with van der Waals surface area (Å²) in [5, 5.41) is 10.3. The van der Waals surface area contributed by atoms with Crippen molar-refractivity contribution in [2.75, 3.05) is 13.7 Å². The first-order chi connectivity index (χ1) is 12.9. The molecule has 0 aliphatic heterocycles. The summed E-state index contributed by atoms with van der Waals surface area (Å²) in [6, 6.07) is 12.4. The highest BCUT2D eigenvalue weighted by Crippen LogP contribution is 2.38. The molecule has 6 heteroatoms. The molecule has 0 saturated carbocycles. The van der Waals surface area contributed by atoms with Gasteiger partial charge in [-0.3, -0.25) is 4.79 Å². The summed E-state index contributed by atoms with van der Waals surface area (Å²) in [5.74, 6) is -1.63. The fourth-order valence-corrected chi connectivity index (χ4v) is 3.02. The molecule has 0 aliphatic rings. The number of rotatable bonds is 7. The predicted molar refractivity (Wildman–Crippen MR) is 99.9 cm³/mol. The van der Waals surface area contributed by atoms with Gasteiger partial charge in [-0.2, -0.15) is 0 Å². The third kappa shape index (κ3) is 4.78. The van der Waals surface area contributed by atoms with E-state index in [9.17, 15) is 14.7 Å². The Bertz CT molecular complexity index is 800. The zero-order valence-corrected chi connectivity index (χ0v) is 15.9. The summed E-state index contributed by atoms with van der Waals surface area (Å²) in [7, 11) is 1.46. The second-order valence-corrected chi connectivity index (χ2v) is 6.05. The number of aromatic hydroxyl groups is 1. The number of esters is 2. The van der Waals surface area contributed by atoms with Gasteiger partial charge < -0.3 is 19.3 Å². The van der Waals surface area contributed by atoms with E-state index in [1.54, 1.807) is 13.0 Å². The lowest BCUT2D eigenvalue weighted by Crippen LogP contribution is -2.35. The van der Waals surface area contributed by atoms with Crippen LogP contribution in [-0.4, -0.2) is 36.9 Å². The lowest BCUT2D eigenvalue weighted by molar-refractivity contribution is -0.167. The third-order valence-electron chi connectivity index (χ3n) is 4.18. The Labute approximate surface area is 158 Å². The molecule has 0 radical (unpaired) electrons. The van der Waals surface area contributed by atoms with Crippen LogP contribution < -0.4 is 4.74 Å². The van der Waals surface area contributed by atoms with Crippen LogP contribution in [0.1, 0.15) is 36.5 Å². The quantitative estimate of drug-likeness (QED) is 0.751. The minimum absolute atomic E-state index is 0.0653. The van der Waals surface area contributed by atoms with E-state index in [1.807, 2.05) is 37.3 Å². The topological polar surface area (TPSA) is 82.1 Å². The maximum Gasteiger partial charge on any atom is 0.348 e. The summed E-state index contributed by atoms with van der Waals surface area (Å²) in [5.41, 5.74) is 2.17. The average Bonchev–Trinajstić information content (AvgIpc) is 2.64. The summed E-state index contributed by atoms with van der Waals surface area (Å²) < 4.78 is 15.7. The fraction of sp³-hybridized carbons (Fsp3) is 0.333. The molecule has 1 N–H and O–H groups in total. The summed E-state index contributed by atoms with van der Waals surface area (Å²) in [4.78, 5) is 24.3. The van der Waals surface area contributed by atoms with Gasteiger partial charge in [0.05, 0.1) is 19.6 Å². The van der Waals surface area contributed by atoms with Gasteiger partial charge in [0.15, 0.2) is 11.5 Å². The number of carbonyl (C=O) groups is 2. The van der Waals surface area contributed by atoms with Crippen LogP contribution in [0.2, 0.25) is 0 Å². The molecule has 0 fully saturated rings. The molecule has 2 aromatic rings. The van der Waals surface area contributed by atoms with Crippen LogP contribution in [0, 0.1) is 6.92 Å². The number of ether oxygens (including phenoxy) is 3. The van der Waals surface area contributed by atoms with Gasteiger partial charge in [-0.25, -0.2) is 4.79 Å². The Hall–Kier alpha value is -3.02. The first kappa shape index (κ1) is 20.3. The second kappa shape index (κ2) is 9.07. The highest BCUT2D eigenvalue weighted by molar-refractivity contribution is 5.81. The Morgan fingerprint density at radius 3 is 2.37 bits per heavy atom. The van der Waals surface area contributed by atoms with Crippen LogP contribution in [0.4, 0.5) is 0 Å². The van der Waals surface area contributed by atoms with Crippen molar-refractivity contribution in [3.63, 3.8) is 0 Å². The van der Waals surface area contributed by atoms with Crippen molar-refractivity contribution < 1.29 is 28.9 Å². The number of phenols is 1. The lowest BCUT2D eigenvalue weighted by Gasteiger charge is -2.27. The van der Waals surface area contributed by atoms with Crippen molar-refractivity contribution in [3.8, 4) is 11.5 Å². The maximum atomic E-state index is 12.6. The Balaban J connectivity index is 2.65. The van der Waals surface area contributed by atoms with E-state index in [4.69, 9.17) is 14.2 Å². The van der Waals surface area contributed by atoms with E-state index < -0.39 is 24.0 Å². The first-order valence-electron chi connectivity index (χ1n) is 8.65. The number of hydrogen-bond donors (Lipinski definition) is 1. The molecule has 0 unspecified atom stereocenters. The molecule has 2 aromatic carbocycles. The van der Waals surface area contributed by atoms with Crippen molar-refractivity contribution in [1.82, 2.24) is 0 Å². The summed E-state index contributed by atoms with van der Waals surface area (Å²) in [6.07, 6.45) is -1.18. The fourth-order valence-electron chi connectivity index (χ4n) is 3.02. The first-order valence-corrected chi connectivity index (χ1v) is 8.65. The number of aryl methyl sites for hydroxylation is 1. The molecule has 2 atom stereocenters. The molecule has 0 amide bonds. The molecular formula is C21H24O6. The van der Waals surface area contributed by atoms with Crippen molar-refractivity contribution >= 4 is 11.9 Å². The van der Waals surface area contributed by atoms with Gasteiger partial charge >= 0.3 is 11.9 Å². The summed E-state index contributed by atoms with van der Waals surface area (Å²) in [6.45, 7) is 4.92. The van der Waals surface area contributed by atoms with Gasteiger partial charge in [0.1, 0.15) is 0 Å². The van der Waals surface area contributed by atoms with Crippen LogP contribution in [0.3, 0.4) is 0 Å². The van der Waals surface area contributed by atoms with Crippen LogP contribution >= 0.6 is 0 Å². The van der Waals surface area contributed by atoms with E-state index in [2.05, 4.69) is 0 Å². The lowest BCUT2D eigenvalue weighted by atomic mass is 9.83. The van der Waals surface area contributed by atoms with Crippen LogP contribution in [-0.2, 0) is 19.1 Å². The molecule has 6 nitrogen and oxygen atoms in total. The van der Waals surface area contributed by atoms with E-state index >= 15 is 0 Å². The number of benzene rings is 2. The molecule has 0 bridgehead atoms. The summed E-state index contributed by atoms with van der Waals surface area (Å²) >= 11 is 0. The standard InChI is InChI=1S/C21H24O6/c1-5-26-21(24)20(27-14(3)22)19(15-9-7-6-8-10-15)16-12-17(23)18(25-4)11-13(16)2/h6-12,19-20,23H,5H2,1-4H3/t19-,20-/m1/s1. The molecule has 2 rings (SSSR count). The SMILES string of the molecule is CCOC(=O)[C@H](OC(C)=O)[C@H](c1ccccc1)c1cc(O)c(OC)cc1C. The van der Waals surface area contributed by atoms with Crippen LogP contribution in [0.5, 0.6) is 11.5 Å². The number of methoxy groups -OCH3 is 1. The molecule has 27 heavy (non-hydrogen) atoms. The largest absolute Gasteiger partial charge is 0.504 e. The second-order valence-electron chi connectivity index (χ2n) is 6.05. The third-order valence-corrected chi connectivity index (χ3v) is 4.18. The molecule has 0 aliphatic carbocycles. The highest BCUT2D eigenvalue weighted by atomic mass is 16.6. The van der Waals surface area contributed by atoms with E-state index in [0.29, 0.717) is 11.3 Å². The molecule has 0 spiro atoms. The van der Waals surface area contributed by atoms with Gasteiger partial charge in [0.2, 0.25) is 6.10 Å². The van der Waals surface area contributed by atoms with Crippen molar-refractivity contribution in [1.29, 1.82) is 0 Å². The minimum atomic E-state index is -1.18. The minimum Gasteiger partial charge on any atom is -0.504 e. The van der Waals surface area contributed by atoms with Gasteiger partial charge in [0, 0.05) is 6.92 Å². The van der Waals surface area contributed by atoms with Gasteiger partial charge in [-0.05, 0) is 42.7 Å². The predicted octanol–water partition coefficient (Wildman–Crippen LogP) is 3.34. The Kier molecular flexibility index (Phi) is 6.82. The number of hydrogen-bond acceptors (Lipinski definition) is 6.